The third-order valence-electron chi connectivity index (χ3n) is 1.85. The molecule has 0 aliphatic carbocycles. The monoisotopic (exact) mass is 214 g/mol. The van der Waals surface area contributed by atoms with Gasteiger partial charge in [-0.05, 0) is 18.0 Å². The lowest BCUT2D eigenvalue weighted by Crippen LogP contribution is -2.11. The highest BCUT2D eigenvalue weighted by molar-refractivity contribution is 7.03. The van der Waals surface area contributed by atoms with E-state index >= 15 is 0 Å². The Kier molecular flexibility index (Phi) is 5.12. The van der Waals surface area contributed by atoms with Crippen molar-refractivity contribution < 1.29 is 4.43 Å². The van der Waals surface area contributed by atoms with E-state index in [1.54, 1.807) is 0 Å². The van der Waals surface area contributed by atoms with Crippen LogP contribution >= 0.6 is 11.1 Å². The first-order valence-electron chi connectivity index (χ1n) is 4.62. The lowest BCUT2D eigenvalue weighted by molar-refractivity contribution is 0.335. The van der Waals surface area contributed by atoms with Crippen LogP contribution < -0.4 is 0 Å². The van der Waals surface area contributed by atoms with E-state index in [1.807, 2.05) is 18.2 Å². The molecule has 0 aliphatic heterocycles. The van der Waals surface area contributed by atoms with Crippen LogP contribution in [0.25, 0.3) is 0 Å². The van der Waals surface area contributed by atoms with Gasteiger partial charge in [-0.2, -0.15) is 0 Å². The maximum Gasteiger partial charge on any atom is 0.273 e. The van der Waals surface area contributed by atoms with E-state index in [1.165, 1.54) is 5.56 Å². The Balaban J connectivity index is 2.20. The SMILES string of the molecule is CC[SiH](Cl)OCCc1ccccc1. The largest absolute Gasteiger partial charge is 0.405 e. The fourth-order valence-corrected chi connectivity index (χ4v) is 1.94. The molecule has 0 aliphatic rings. The molecule has 1 aromatic carbocycles. The Morgan fingerprint density at radius 2 is 2.00 bits per heavy atom. The maximum atomic E-state index is 5.95. The predicted molar refractivity (Wildman–Crippen MR) is 59.6 cm³/mol. The second-order valence-electron chi connectivity index (χ2n) is 2.92. The molecule has 1 nitrogen and oxygen atoms in total. The molecule has 0 saturated carbocycles. The van der Waals surface area contributed by atoms with Crippen LogP contribution in [0, 0.1) is 0 Å². The molecular weight excluding hydrogens is 200 g/mol. The first-order chi connectivity index (χ1) is 6.33. The Hall–Kier alpha value is -0.313. The quantitative estimate of drug-likeness (QED) is 0.541. The van der Waals surface area contributed by atoms with E-state index in [0.717, 1.165) is 19.1 Å². The molecule has 72 valence electrons. The van der Waals surface area contributed by atoms with Gasteiger partial charge in [0, 0.05) is 6.61 Å². The van der Waals surface area contributed by atoms with Crippen LogP contribution in [-0.2, 0) is 10.8 Å². The van der Waals surface area contributed by atoms with Crippen molar-refractivity contribution in [1.82, 2.24) is 0 Å². The maximum absolute atomic E-state index is 5.95. The summed E-state index contributed by atoms with van der Waals surface area (Å²) in [5.74, 6) is 0. The van der Waals surface area contributed by atoms with Crippen molar-refractivity contribution in [3.05, 3.63) is 35.9 Å². The van der Waals surface area contributed by atoms with Crippen molar-refractivity contribution in [2.75, 3.05) is 6.61 Å². The van der Waals surface area contributed by atoms with Crippen LogP contribution in [0.4, 0.5) is 0 Å². The Morgan fingerprint density at radius 3 is 2.62 bits per heavy atom. The molecule has 1 unspecified atom stereocenters. The zero-order valence-corrected chi connectivity index (χ0v) is 9.78. The van der Waals surface area contributed by atoms with Gasteiger partial charge in [0.2, 0.25) is 0 Å². The van der Waals surface area contributed by atoms with Crippen LogP contribution in [-0.4, -0.2) is 15.0 Å². The van der Waals surface area contributed by atoms with Crippen LogP contribution in [0.15, 0.2) is 30.3 Å². The summed E-state index contributed by atoms with van der Waals surface area (Å²) >= 11 is 5.95. The summed E-state index contributed by atoms with van der Waals surface area (Å²) in [7, 11) is -1.35. The average molecular weight is 215 g/mol. The van der Waals surface area contributed by atoms with E-state index in [4.69, 9.17) is 15.5 Å². The first kappa shape index (κ1) is 10.8. The van der Waals surface area contributed by atoms with Gasteiger partial charge in [0.05, 0.1) is 0 Å². The lowest BCUT2D eigenvalue weighted by atomic mass is 10.2. The molecule has 3 heteroatoms. The van der Waals surface area contributed by atoms with Gasteiger partial charge in [-0.3, -0.25) is 0 Å². The van der Waals surface area contributed by atoms with Gasteiger partial charge in [-0.25, -0.2) is 0 Å². The van der Waals surface area contributed by atoms with Gasteiger partial charge in [0.25, 0.3) is 8.35 Å². The standard InChI is InChI=1S/C10H15ClOSi/c1-2-13(11)12-9-8-10-6-4-3-5-7-10/h3-7,13H,2,8-9H2,1H3. The number of hydrogen-bond acceptors (Lipinski definition) is 1. The molecule has 0 aromatic heterocycles. The van der Waals surface area contributed by atoms with Crippen molar-refractivity contribution >= 4 is 19.4 Å². The zero-order valence-electron chi connectivity index (χ0n) is 7.87. The summed E-state index contributed by atoms with van der Waals surface area (Å²) < 4.78 is 5.50. The van der Waals surface area contributed by atoms with E-state index in [9.17, 15) is 0 Å². The molecular formula is C10H15ClOSi. The third kappa shape index (κ3) is 4.46. The van der Waals surface area contributed by atoms with Crippen LogP contribution in [0.1, 0.15) is 12.5 Å². The Morgan fingerprint density at radius 1 is 1.31 bits per heavy atom. The van der Waals surface area contributed by atoms with Gasteiger partial charge < -0.3 is 4.43 Å². The normalized spacial score (nSPS) is 12.8. The highest BCUT2D eigenvalue weighted by atomic mass is 35.6. The molecule has 0 amide bonds. The fraction of sp³-hybridized carbons (Fsp3) is 0.400. The smallest absolute Gasteiger partial charge is 0.273 e. The Bertz CT molecular complexity index is 228. The highest BCUT2D eigenvalue weighted by Crippen LogP contribution is 2.03. The van der Waals surface area contributed by atoms with Crippen molar-refractivity contribution in [3.63, 3.8) is 0 Å². The molecule has 13 heavy (non-hydrogen) atoms. The average Bonchev–Trinajstić information content (AvgIpc) is 2.19. The van der Waals surface area contributed by atoms with Gasteiger partial charge in [-0.1, -0.05) is 37.3 Å². The third-order valence-corrected chi connectivity index (χ3v) is 4.40. The van der Waals surface area contributed by atoms with Gasteiger partial charge in [0.1, 0.15) is 0 Å². The molecule has 0 radical (unpaired) electrons. The second-order valence-corrected chi connectivity index (χ2v) is 6.35. The summed E-state index contributed by atoms with van der Waals surface area (Å²) in [6, 6.07) is 11.3. The van der Waals surface area contributed by atoms with Crippen molar-refractivity contribution in [1.29, 1.82) is 0 Å². The minimum absolute atomic E-state index is 0.762. The molecule has 1 atom stereocenters. The van der Waals surface area contributed by atoms with Crippen LogP contribution in [0.2, 0.25) is 6.04 Å². The molecule has 0 bridgehead atoms. The molecule has 0 heterocycles. The van der Waals surface area contributed by atoms with Crippen molar-refractivity contribution in [3.8, 4) is 0 Å². The van der Waals surface area contributed by atoms with E-state index < -0.39 is 8.35 Å². The summed E-state index contributed by atoms with van der Waals surface area (Å²) in [6.45, 7) is 2.84. The van der Waals surface area contributed by atoms with Crippen molar-refractivity contribution in [2.24, 2.45) is 0 Å². The predicted octanol–water partition coefficient (Wildman–Crippen LogP) is 2.72. The minimum atomic E-state index is -1.35. The van der Waals surface area contributed by atoms with Gasteiger partial charge in [0.15, 0.2) is 0 Å². The molecule has 0 N–H and O–H groups in total. The fourth-order valence-electron chi connectivity index (χ4n) is 1.07. The highest BCUT2D eigenvalue weighted by Gasteiger charge is 2.02. The molecule has 0 saturated heterocycles. The Labute approximate surface area is 86.1 Å². The van der Waals surface area contributed by atoms with Crippen molar-refractivity contribution in [2.45, 2.75) is 19.4 Å². The summed E-state index contributed by atoms with van der Waals surface area (Å²) in [4.78, 5) is 0. The van der Waals surface area contributed by atoms with Gasteiger partial charge in [-0.15, -0.1) is 11.1 Å². The van der Waals surface area contributed by atoms with E-state index in [2.05, 4.69) is 19.1 Å². The summed E-state index contributed by atoms with van der Waals surface area (Å²) in [5, 5.41) is 0. The minimum Gasteiger partial charge on any atom is -0.405 e. The number of halogens is 1. The molecule has 1 aromatic rings. The van der Waals surface area contributed by atoms with Crippen LogP contribution in [0.3, 0.4) is 0 Å². The number of rotatable bonds is 5. The molecule has 0 fully saturated rings. The second kappa shape index (κ2) is 6.19. The number of hydrogen-bond donors (Lipinski definition) is 0. The van der Waals surface area contributed by atoms with E-state index in [0.29, 0.717) is 0 Å². The topological polar surface area (TPSA) is 9.23 Å². The zero-order chi connectivity index (χ0) is 9.52. The summed E-state index contributed by atoms with van der Waals surface area (Å²) in [6.07, 6.45) is 0.969. The molecule has 1 rings (SSSR count). The number of benzene rings is 1. The molecule has 0 spiro atoms. The van der Waals surface area contributed by atoms with Gasteiger partial charge >= 0.3 is 0 Å². The summed E-state index contributed by atoms with van der Waals surface area (Å²) in [5.41, 5.74) is 1.32. The van der Waals surface area contributed by atoms with Crippen LogP contribution in [0.5, 0.6) is 0 Å². The van der Waals surface area contributed by atoms with E-state index in [-0.39, 0.29) is 0 Å². The lowest BCUT2D eigenvalue weighted by Gasteiger charge is -2.06. The first-order valence-corrected chi connectivity index (χ1v) is 7.66.